The van der Waals surface area contributed by atoms with Gasteiger partial charge in [-0.25, -0.2) is 13.1 Å². The zero-order valence-electron chi connectivity index (χ0n) is 12.6. The molecule has 0 unspecified atom stereocenters. The topological polar surface area (TPSA) is 49.4 Å². The lowest BCUT2D eigenvalue weighted by Crippen LogP contribution is -2.53. The Kier molecular flexibility index (Phi) is 5.46. The molecule has 1 aliphatic rings. The summed E-state index contributed by atoms with van der Waals surface area (Å²) in [5, 5.41) is 0. The molecular formula is C15H23BrN2O2S. The van der Waals surface area contributed by atoms with E-state index in [1.165, 1.54) is 6.42 Å². The normalized spacial score (nSPS) is 18.9. The van der Waals surface area contributed by atoms with E-state index >= 15 is 0 Å². The summed E-state index contributed by atoms with van der Waals surface area (Å²) in [5.41, 5.74) is -0.0549. The smallest absolute Gasteiger partial charge is 0.240 e. The molecule has 1 N–H and O–H groups in total. The van der Waals surface area contributed by atoms with Crippen molar-refractivity contribution < 1.29 is 8.42 Å². The molecule has 0 aromatic heterocycles. The molecule has 1 aliphatic carbocycles. The van der Waals surface area contributed by atoms with Gasteiger partial charge >= 0.3 is 0 Å². The summed E-state index contributed by atoms with van der Waals surface area (Å²) in [6.07, 6.45) is 5.66. The SMILES string of the molecule is CN(C)C1(CNS(=O)(=O)c2ccc(Br)cc2)CCCCC1. The van der Waals surface area contributed by atoms with E-state index < -0.39 is 10.0 Å². The van der Waals surface area contributed by atoms with E-state index in [-0.39, 0.29) is 5.54 Å². The van der Waals surface area contributed by atoms with Gasteiger partial charge in [0.25, 0.3) is 0 Å². The Balaban J connectivity index is 2.11. The standard InChI is InChI=1S/C15H23BrN2O2S/c1-18(2)15(10-4-3-5-11-15)12-17-21(19,20)14-8-6-13(16)7-9-14/h6-9,17H,3-5,10-12H2,1-2H3. The molecule has 1 aromatic rings. The van der Waals surface area contributed by atoms with Gasteiger partial charge in [-0.3, -0.25) is 0 Å². The van der Waals surface area contributed by atoms with Crippen LogP contribution in [0, 0.1) is 0 Å². The second-order valence-corrected chi connectivity index (χ2v) is 8.64. The van der Waals surface area contributed by atoms with Gasteiger partial charge in [0.15, 0.2) is 0 Å². The summed E-state index contributed by atoms with van der Waals surface area (Å²) in [5.74, 6) is 0. The molecule has 21 heavy (non-hydrogen) atoms. The Bertz CT molecular complexity index is 564. The van der Waals surface area contributed by atoms with Crippen LogP contribution in [0.1, 0.15) is 32.1 Å². The summed E-state index contributed by atoms with van der Waals surface area (Å²) >= 11 is 3.32. The van der Waals surface area contributed by atoms with E-state index in [1.807, 2.05) is 14.1 Å². The van der Waals surface area contributed by atoms with Crippen molar-refractivity contribution in [2.45, 2.75) is 42.5 Å². The van der Waals surface area contributed by atoms with E-state index in [2.05, 4.69) is 25.6 Å². The minimum absolute atomic E-state index is 0.0549. The summed E-state index contributed by atoms with van der Waals surface area (Å²) in [7, 11) is 0.636. The van der Waals surface area contributed by atoms with Crippen molar-refractivity contribution in [1.29, 1.82) is 0 Å². The maximum atomic E-state index is 12.4. The highest BCUT2D eigenvalue weighted by Crippen LogP contribution is 2.32. The Morgan fingerprint density at radius 2 is 1.71 bits per heavy atom. The maximum absolute atomic E-state index is 12.4. The third-order valence-electron chi connectivity index (χ3n) is 4.45. The third-order valence-corrected chi connectivity index (χ3v) is 6.39. The molecule has 0 radical (unpaired) electrons. The quantitative estimate of drug-likeness (QED) is 0.861. The molecule has 0 atom stereocenters. The van der Waals surface area contributed by atoms with Crippen LogP contribution in [0.2, 0.25) is 0 Å². The number of rotatable bonds is 5. The number of hydrogen-bond donors (Lipinski definition) is 1. The van der Waals surface area contributed by atoms with Crippen molar-refractivity contribution in [2.75, 3.05) is 20.6 Å². The zero-order valence-corrected chi connectivity index (χ0v) is 15.0. The molecule has 4 nitrogen and oxygen atoms in total. The van der Waals surface area contributed by atoms with Gasteiger partial charge < -0.3 is 4.90 Å². The van der Waals surface area contributed by atoms with Crippen molar-refractivity contribution >= 4 is 26.0 Å². The molecule has 2 rings (SSSR count). The molecule has 1 saturated carbocycles. The molecule has 1 fully saturated rings. The molecule has 1 aromatic carbocycles. The fraction of sp³-hybridized carbons (Fsp3) is 0.600. The largest absolute Gasteiger partial charge is 0.302 e. The fourth-order valence-electron chi connectivity index (χ4n) is 2.92. The number of halogens is 1. The van der Waals surface area contributed by atoms with Gasteiger partial charge in [-0.1, -0.05) is 35.2 Å². The van der Waals surface area contributed by atoms with Crippen LogP contribution in [0.15, 0.2) is 33.6 Å². The first-order chi connectivity index (χ1) is 9.86. The van der Waals surface area contributed by atoms with Crippen LogP contribution in [0.5, 0.6) is 0 Å². The van der Waals surface area contributed by atoms with Crippen molar-refractivity contribution in [2.24, 2.45) is 0 Å². The fourth-order valence-corrected chi connectivity index (χ4v) is 4.30. The second-order valence-electron chi connectivity index (χ2n) is 5.96. The van der Waals surface area contributed by atoms with Crippen molar-refractivity contribution in [1.82, 2.24) is 9.62 Å². The Labute approximate surface area is 136 Å². The Morgan fingerprint density at radius 3 is 2.24 bits per heavy atom. The van der Waals surface area contributed by atoms with Crippen LogP contribution in [-0.2, 0) is 10.0 Å². The van der Waals surface area contributed by atoms with Gasteiger partial charge in [0.2, 0.25) is 10.0 Å². The summed E-state index contributed by atoms with van der Waals surface area (Å²) in [6.45, 7) is 0.471. The minimum Gasteiger partial charge on any atom is -0.302 e. The third kappa shape index (κ3) is 4.06. The van der Waals surface area contributed by atoms with Crippen LogP contribution in [0.25, 0.3) is 0 Å². The number of nitrogens with zero attached hydrogens (tertiary/aromatic N) is 1. The van der Waals surface area contributed by atoms with Gasteiger partial charge in [-0.2, -0.15) is 0 Å². The Hall–Kier alpha value is -0.430. The predicted molar refractivity (Wildman–Crippen MR) is 88.8 cm³/mol. The molecular weight excluding hydrogens is 352 g/mol. The molecule has 0 heterocycles. The first-order valence-electron chi connectivity index (χ1n) is 7.28. The van der Waals surface area contributed by atoms with Gasteiger partial charge in [-0.15, -0.1) is 0 Å². The highest BCUT2D eigenvalue weighted by atomic mass is 79.9. The molecule has 0 saturated heterocycles. The average molecular weight is 375 g/mol. The molecule has 0 bridgehead atoms. The van der Waals surface area contributed by atoms with Gasteiger partial charge in [0.1, 0.15) is 0 Å². The highest BCUT2D eigenvalue weighted by molar-refractivity contribution is 9.10. The van der Waals surface area contributed by atoms with E-state index in [1.54, 1.807) is 24.3 Å². The maximum Gasteiger partial charge on any atom is 0.240 e. The minimum atomic E-state index is -3.45. The predicted octanol–water partition coefficient (Wildman–Crippen LogP) is 2.99. The van der Waals surface area contributed by atoms with Crippen LogP contribution in [-0.4, -0.2) is 39.5 Å². The van der Waals surface area contributed by atoms with Crippen LogP contribution >= 0.6 is 15.9 Å². The van der Waals surface area contributed by atoms with Gasteiger partial charge in [-0.05, 0) is 51.2 Å². The molecule has 0 spiro atoms. The summed E-state index contributed by atoms with van der Waals surface area (Å²) in [6, 6.07) is 6.74. The van der Waals surface area contributed by atoms with Crippen LogP contribution in [0.3, 0.4) is 0 Å². The van der Waals surface area contributed by atoms with E-state index in [0.717, 1.165) is 30.2 Å². The second kappa shape index (κ2) is 6.77. The van der Waals surface area contributed by atoms with Gasteiger partial charge in [0.05, 0.1) is 4.90 Å². The number of nitrogens with one attached hydrogen (secondary N) is 1. The molecule has 0 aliphatic heterocycles. The lowest BCUT2D eigenvalue weighted by Gasteiger charge is -2.43. The number of benzene rings is 1. The van der Waals surface area contributed by atoms with E-state index in [0.29, 0.717) is 11.4 Å². The van der Waals surface area contributed by atoms with Crippen molar-refractivity contribution in [3.05, 3.63) is 28.7 Å². The first kappa shape index (κ1) is 16.9. The Morgan fingerprint density at radius 1 is 1.14 bits per heavy atom. The van der Waals surface area contributed by atoms with E-state index in [9.17, 15) is 8.42 Å². The summed E-state index contributed by atoms with van der Waals surface area (Å²) < 4.78 is 28.5. The first-order valence-corrected chi connectivity index (χ1v) is 9.56. The molecule has 0 amide bonds. The number of sulfonamides is 1. The monoisotopic (exact) mass is 374 g/mol. The zero-order chi connectivity index (χ0) is 15.5. The van der Waals surface area contributed by atoms with Crippen LogP contribution in [0.4, 0.5) is 0 Å². The summed E-state index contributed by atoms with van der Waals surface area (Å²) in [4.78, 5) is 2.49. The van der Waals surface area contributed by atoms with Crippen molar-refractivity contribution in [3.63, 3.8) is 0 Å². The lowest BCUT2D eigenvalue weighted by atomic mass is 9.81. The highest BCUT2D eigenvalue weighted by Gasteiger charge is 2.35. The lowest BCUT2D eigenvalue weighted by molar-refractivity contribution is 0.105. The molecule has 6 heteroatoms. The molecule has 118 valence electrons. The average Bonchev–Trinajstić information content (AvgIpc) is 2.46. The van der Waals surface area contributed by atoms with Crippen molar-refractivity contribution in [3.8, 4) is 0 Å². The van der Waals surface area contributed by atoms with E-state index in [4.69, 9.17) is 0 Å². The number of likely N-dealkylation sites (N-methyl/N-ethyl adjacent to an activating group) is 1. The van der Waals surface area contributed by atoms with Crippen LogP contribution < -0.4 is 4.72 Å². The number of hydrogen-bond acceptors (Lipinski definition) is 3. The van der Waals surface area contributed by atoms with Gasteiger partial charge in [0, 0.05) is 16.6 Å².